The Hall–Kier alpha value is -3.95. The summed E-state index contributed by atoms with van der Waals surface area (Å²) in [7, 11) is -4.14. The number of carbonyl (C=O) groups is 2. The summed E-state index contributed by atoms with van der Waals surface area (Å²) in [5.74, 6) is -0.821. The summed E-state index contributed by atoms with van der Waals surface area (Å²) in [5.41, 5.74) is 2.53. The molecule has 0 bridgehead atoms. The van der Waals surface area contributed by atoms with Crippen molar-refractivity contribution in [2.45, 2.75) is 63.6 Å². The van der Waals surface area contributed by atoms with Crippen LogP contribution in [0.1, 0.15) is 44.4 Å². The van der Waals surface area contributed by atoms with Crippen LogP contribution in [0.25, 0.3) is 0 Å². The molecule has 0 aliphatic heterocycles. The van der Waals surface area contributed by atoms with Gasteiger partial charge < -0.3 is 10.2 Å². The fourth-order valence-electron chi connectivity index (χ4n) is 4.99. The summed E-state index contributed by atoms with van der Waals surface area (Å²) in [4.78, 5) is 30.1. The molecule has 0 heterocycles. The normalized spacial score (nSPS) is 12.3. The van der Waals surface area contributed by atoms with Crippen LogP contribution in [0.3, 0.4) is 0 Å². The van der Waals surface area contributed by atoms with Gasteiger partial charge in [-0.15, -0.1) is 0 Å². The molecule has 0 spiro atoms. The van der Waals surface area contributed by atoms with Gasteiger partial charge in [0.15, 0.2) is 0 Å². The highest BCUT2D eigenvalue weighted by atomic mass is 79.9. The predicted molar refractivity (Wildman–Crippen MR) is 183 cm³/mol. The van der Waals surface area contributed by atoms with Gasteiger partial charge in [-0.1, -0.05) is 95.7 Å². The van der Waals surface area contributed by atoms with E-state index in [0.29, 0.717) is 5.69 Å². The van der Waals surface area contributed by atoms with Crippen LogP contribution in [-0.4, -0.2) is 43.3 Å². The highest BCUT2D eigenvalue weighted by molar-refractivity contribution is 9.10. The number of anilines is 1. The Morgan fingerprint density at radius 3 is 1.98 bits per heavy atom. The third kappa shape index (κ3) is 9.28. The Labute approximate surface area is 275 Å². The Bertz CT molecular complexity index is 1690. The minimum absolute atomic E-state index is 0.0715. The number of carbonyl (C=O) groups excluding carboxylic acids is 2. The van der Waals surface area contributed by atoms with Crippen molar-refractivity contribution in [2.75, 3.05) is 10.8 Å². The van der Waals surface area contributed by atoms with Gasteiger partial charge in [0.2, 0.25) is 11.8 Å². The van der Waals surface area contributed by atoms with Crippen molar-refractivity contribution in [1.29, 1.82) is 0 Å². The van der Waals surface area contributed by atoms with Crippen LogP contribution in [0.4, 0.5) is 5.69 Å². The topological polar surface area (TPSA) is 86.8 Å². The second-order valence-electron chi connectivity index (χ2n) is 11.9. The largest absolute Gasteiger partial charge is 0.350 e. The minimum Gasteiger partial charge on any atom is -0.350 e. The first-order chi connectivity index (χ1) is 21.4. The minimum atomic E-state index is -4.14. The average Bonchev–Trinajstić information content (AvgIpc) is 3.01. The molecule has 0 saturated carbocycles. The molecule has 4 aromatic carbocycles. The summed E-state index contributed by atoms with van der Waals surface area (Å²) >= 11 is 3.51. The number of benzene rings is 4. The van der Waals surface area contributed by atoms with Crippen LogP contribution in [0.2, 0.25) is 0 Å². The molecule has 0 aliphatic rings. The summed E-state index contributed by atoms with van der Waals surface area (Å²) < 4.78 is 30.2. The predicted octanol–water partition coefficient (Wildman–Crippen LogP) is 6.76. The molecule has 0 radical (unpaired) electrons. The lowest BCUT2D eigenvalue weighted by Crippen LogP contribution is -2.56. The third-order valence-corrected chi connectivity index (χ3v) is 9.54. The molecule has 1 N–H and O–H groups in total. The maximum absolute atomic E-state index is 14.5. The average molecular weight is 691 g/mol. The van der Waals surface area contributed by atoms with E-state index in [1.54, 1.807) is 30.3 Å². The van der Waals surface area contributed by atoms with E-state index in [4.69, 9.17) is 0 Å². The van der Waals surface area contributed by atoms with E-state index in [0.717, 1.165) is 31.9 Å². The summed E-state index contributed by atoms with van der Waals surface area (Å²) in [6.45, 7) is 7.29. The van der Waals surface area contributed by atoms with Gasteiger partial charge >= 0.3 is 0 Å². The summed E-state index contributed by atoms with van der Waals surface area (Å²) in [5, 5.41) is 3.05. The van der Waals surface area contributed by atoms with Crippen LogP contribution in [0, 0.1) is 0 Å². The maximum Gasteiger partial charge on any atom is 0.264 e. The van der Waals surface area contributed by atoms with E-state index < -0.39 is 34.1 Å². The van der Waals surface area contributed by atoms with Crippen molar-refractivity contribution in [3.05, 3.63) is 130 Å². The lowest BCUT2D eigenvalue weighted by Gasteiger charge is -2.35. The van der Waals surface area contributed by atoms with Crippen molar-refractivity contribution >= 4 is 43.5 Å². The highest BCUT2D eigenvalue weighted by Crippen LogP contribution is 2.26. The molecule has 4 rings (SSSR count). The van der Waals surface area contributed by atoms with Crippen LogP contribution in [-0.2, 0) is 39.0 Å². The Morgan fingerprint density at radius 1 is 0.800 bits per heavy atom. The number of amides is 2. The van der Waals surface area contributed by atoms with Gasteiger partial charge in [0.25, 0.3) is 10.0 Å². The lowest BCUT2D eigenvalue weighted by atomic mass is 10.0. The van der Waals surface area contributed by atoms with Crippen molar-refractivity contribution < 1.29 is 18.0 Å². The molecule has 1 atom stereocenters. The van der Waals surface area contributed by atoms with Crippen LogP contribution >= 0.6 is 15.9 Å². The number of nitrogens with zero attached hydrogens (tertiary/aromatic N) is 2. The van der Waals surface area contributed by atoms with E-state index in [9.17, 15) is 18.0 Å². The van der Waals surface area contributed by atoms with Crippen LogP contribution in [0.15, 0.2) is 119 Å². The quantitative estimate of drug-likeness (QED) is 0.178. The molecule has 0 fully saturated rings. The Kier molecular flexibility index (Phi) is 11.2. The molecule has 0 aliphatic carbocycles. The highest BCUT2D eigenvalue weighted by Gasteiger charge is 2.35. The SMILES string of the molecule is CCc1ccc(N(CC(=O)N(Cc2cccc(Br)c2)C(Cc2ccccc2)C(=O)NC(C)(C)C)S(=O)(=O)c2ccccc2)cc1. The molecule has 1 unspecified atom stereocenters. The molecular formula is C36H40BrN3O4S. The molecule has 45 heavy (non-hydrogen) atoms. The van der Waals surface area contributed by atoms with E-state index in [-0.39, 0.29) is 23.8 Å². The van der Waals surface area contributed by atoms with Gasteiger partial charge in [-0.05, 0) is 80.3 Å². The second-order valence-corrected chi connectivity index (χ2v) is 14.7. The number of rotatable bonds is 12. The molecule has 9 heteroatoms. The molecule has 0 aromatic heterocycles. The smallest absolute Gasteiger partial charge is 0.264 e. The van der Waals surface area contributed by atoms with Crippen LogP contribution < -0.4 is 9.62 Å². The zero-order valence-electron chi connectivity index (χ0n) is 26.1. The monoisotopic (exact) mass is 689 g/mol. The number of sulfonamides is 1. The molecule has 4 aromatic rings. The van der Waals surface area contributed by atoms with Crippen molar-refractivity contribution in [1.82, 2.24) is 10.2 Å². The molecule has 0 saturated heterocycles. The van der Waals surface area contributed by atoms with Gasteiger partial charge in [0.05, 0.1) is 10.6 Å². The lowest BCUT2D eigenvalue weighted by molar-refractivity contribution is -0.140. The number of nitrogens with one attached hydrogen (secondary N) is 1. The third-order valence-electron chi connectivity index (χ3n) is 7.25. The van der Waals surface area contributed by atoms with Crippen molar-refractivity contribution in [2.24, 2.45) is 0 Å². The first kappa shape index (κ1) is 33.9. The Balaban J connectivity index is 1.81. The zero-order valence-corrected chi connectivity index (χ0v) is 28.5. The number of hydrogen-bond acceptors (Lipinski definition) is 4. The van der Waals surface area contributed by atoms with Crippen molar-refractivity contribution in [3.63, 3.8) is 0 Å². The zero-order chi connectivity index (χ0) is 32.6. The summed E-state index contributed by atoms with van der Waals surface area (Å²) in [6.07, 6.45) is 1.04. The molecule has 2 amide bonds. The summed E-state index contributed by atoms with van der Waals surface area (Å²) in [6, 6.07) is 31.4. The second kappa shape index (κ2) is 14.9. The molecular weight excluding hydrogens is 650 g/mol. The van der Waals surface area contributed by atoms with E-state index in [1.807, 2.05) is 94.4 Å². The van der Waals surface area contributed by atoms with E-state index >= 15 is 0 Å². The van der Waals surface area contributed by atoms with Gasteiger partial charge in [0, 0.05) is 23.0 Å². The van der Waals surface area contributed by atoms with Gasteiger partial charge in [-0.3, -0.25) is 13.9 Å². The van der Waals surface area contributed by atoms with E-state index in [1.165, 1.54) is 17.0 Å². The van der Waals surface area contributed by atoms with Gasteiger partial charge in [-0.2, -0.15) is 0 Å². The number of hydrogen-bond donors (Lipinski definition) is 1. The number of aryl methyl sites for hydroxylation is 1. The maximum atomic E-state index is 14.5. The standard InChI is InChI=1S/C36H40BrN3O4S/c1-5-27-19-21-31(22-20-27)40(45(43,44)32-17-10-7-11-18-32)26-34(41)39(25-29-15-12-16-30(37)23-29)33(35(42)38-36(2,3)4)24-28-13-8-6-9-14-28/h6-23,33H,5,24-26H2,1-4H3,(H,38,42). The first-order valence-electron chi connectivity index (χ1n) is 14.9. The first-order valence-corrected chi connectivity index (χ1v) is 17.2. The molecule has 7 nitrogen and oxygen atoms in total. The Morgan fingerprint density at radius 2 is 1.40 bits per heavy atom. The fourth-order valence-corrected chi connectivity index (χ4v) is 6.87. The fraction of sp³-hybridized carbons (Fsp3) is 0.278. The number of halogens is 1. The van der Waals surface area contributed by atoms with Gasteiger partial charge in [-0.25, -0.2) is 8.42 Å². The molecule has 236 valence electrons. The van der Waals surface area contributed by atoms with E-state index in [2.05, 4.69) is 21.2 Å². The van der Waals surface area contributed by atoms with Gasteiger partial charge in [0.1, 0.15) is 12.6 Å². The van der Waals surface area contributed by atoms with Crippen molar-refractivity contribution in [3.8, 4) is 0 Å². The van der Waals surface area contributed by atoms with Crippen LogP contribution in [0.5, 0.6) is 0 Å².